The molecular formula is C83H49F3N8. The highest BCUT2D eigenvalue weighted by atomic mass is 19.4. The summed E-state index contributed by atoms with van der Waals surface area (Å²) in [6.45, 7) is 8.51. The molecule has 8 nitrogen and oxygen atoms in total. The summed E-state index contributed by atoms with van der Waals surface area (Å²) in [6, 6.07) is 90.4. The Kier molecular flexibility index (Phi) is 13.9. The van der Waals surface area contributed by atoms with E-state index in [9.17, 15) is 5.26 Å². The highest BCUT2D eigenvalue weighted by molar-refractivity contribution is 6.14. The largest absolute Gasteiger partial charge is 0.415 e. The molecule has 0 spiro atoms. The van der Waals surface area contributed by atoms with E-state index >= 15 is 13.2 Å². The SMILES string of the molecule is [C-]#[N+]c1cccc(C(F)(F)F)c1-c1cc(-n2c3cc(-c4ccnc(-c5ccccc5)c4)ccc3c3ccc(-c4ccnc(-c5ccccc5)c4)cc32)c(C#N)c(-n2c3cc(-c4ccnc(-c5ccccc5)c4)ccc3c3ccc(-c4ccnc(-c5ccccc5)c4)cc32)c1. The molecule has 11 heteroatoms. The number of benzene rings is 10. The average molecular weight is 1220 g/mol. The number of rotatable bonds is 11. The molecule has 0 aliphatic heterocycles. The van der Waals surface area contributed by atoms with Crippen molar-refractivity contribution in [2.24, 2.45) is 0 Å². The topological polar surface area (TPSA) is 89.6 Å². The van der Waals surface area contributed by atoms with Crippen LogP contribution in [-0.4, -0.2) is 29.1 Å². The monoisotopic (exact) mass is 1210 g/mol. The fourth-order valence-corrected chi connectivity index (χ4v) is 13.2. The smallest absolute Gasteiger partial charge is 0.308 e. The Labute approximate surface area is 538 Å². The Morgan fingerprint density at radius 2 is 0.638 bits per heavy atom. The maximum atomic E-state index is 16.0. The van der Waals surface area contributed by atoms with E-state index in [2.05, 4.69) is 83.7 Å². The van der Waals surface area contributed by atoms with Crippen LogP contribution in [0.1, 0.15) is 11.1 Å². The van der Waals surface area contributed by atoms with Crippen molar-refractivity contribution in [3.05, 3.63) is 320 Å². The first-order chi connectivity index (χ1) is 46.1. The quantitative estimate of drug-likeness (QED) is 0.120. The van der Waals surface area contributed by atoms with Crippen molar-refractivity contribution < 1.29 is 13.2 Å². The normalized spacial score (nSPS) is 11.5. The lowest BCUT2D eigenvalue weighted by Crippen LogP contribution is -2.09. The fraction of sp³-hybridized carbons (Fsp3) is 0.0120. The van der Waals surface area contributed by atoms with Gasteiger partial charge in [0.15, 0.2) is 5.69 Å². The van der Waals surface area contributed by atoms with E-state index in [4.69, 9.17) is 26.5 Å². The van der Waals surface area contributed by atoms with Crippen molar-refractivity contribution in [1.29, 1.82) is 5.26 Å². The van der Waals surface area contributed by atoms with Gasteiger partial charge in [-0.25, -0.2) is 4.85 Å². The van der Waals surface area contributed by atoms with Crippen LogP contribution in [0.25, 0.3) is 160 Å². The molecule has 0 saturated carbocycles. The predicted molar refractivity (Wildman–Crippen MR) is 371 cm³/mol. The van der Waals surface area contributed by atoms with Crippen LogP contribution in [0.3, 0.4) is 0 Å². The molecule has 442 valence electrons. The van der Waals surface area contributed by atoms with Gasteiger partial charge in [0.2, 0.25) is 0 Å². The lowest BCUT2D eigenvalue weighted by atomic mass is 9.94. The maximum absolute atomic E-state index is 16.0. The van der Waals surface area contributed by atoms with Crippen molar-refractivity contribution in [2.75, 3.05) is 0 Å². The van der Waals surface area contributed by atoms with E-state index < -0.39 is 11.7 Å². The number of alkyl halides is 3. The van der Waals surface area contributed by atoms with Gasteiger partial charge < -0.3 is 9.13 Å². The van der Waals surface area contributed by atoms with Crippen LogP contribution in [0, 0.1) is 17.9 Å². The Bertz CT molecular complexity index is 5160. The highest BCUT2D eigenvalue weighted by Crippen LogP contribution is 2.48. The first-order valence-electron chi connectivity index (χ1n) is 30.5. The summed E-state index contributed by atoms with van der Waals surface area (Å²) in [5.74, 6) is 0. The van der Waals surface area contributed by atoms with E-state index in [1.165, 1.54) is 12.1 Å². The molecule has 0 fully saturated rings. The zero-order valence-corrected chi connectivity index (χ0v) is 50.0. The lowest BCUT2D eigenvalue weighted by Gasteiger charge is -2.21. The first kappa shape index (κ1) is 56.4. The molecular weight excluding hydrogens is 1170 g/mol. The van der Waals surface area contributed by atoms with Crippen LogP contribution in [0.5, 0.6) is 0 Å². The molecule has 16 aromatic rings. The zero-order valence-electron chi connectivity index (χ0n) is 50.0. The van der Waals surface area contributed by atoms with Crippen molar-refractivity contribution in [3.63, 3.8) is 0 Å². The average Bonchev–Trinajstić information content (AvgIpc) is 1.53. The molecule has 0 aliphatic rings. The number of aromatic nitrogens is 6. The molecule has 6 aromatic heterocycles. The third-order valence-electron chi connectivity index (χ3n) is 17.6. The van der Waals surface area contributed by atoms with Crippen molar-refractivity contribution in [1.82, 2.24) is 29.1 Å². The molecule has 0 saturated heterocycles. The molecule has 0 unspecified atom stereocenters. The number of halogens is 3. The second kappa shape index (κ2) is 23.2. The number of hydrogen-bond donors (Lipinski definition) is 0. The minimum absolute atomic E-state index is 0.0825. The lowest BCUT2D eigenvalue weighted by molar-refractivity contribution is -0.137. The summed E-state index contributed by atoms with van der Waals surface area (Å²) in [4.78, 5) is 22.8. The molecule has 0 amide bonds. The predicted octanol–water partition coefficient (Wildman–Crippen LogP) is 21.9. The molecule has 16 rings (SSSR count). The molecule has 94 heavy (non-hydrogen) atoms. The number of pyridine rings is 4. The molecule has 0 aliphatic carbocycles. The Hall–Kier alpha value is -12.8. The fourth-order valence-electron chi connectivity index (χ4n) is 13.2. The van der Waals surface area contributed by atoms with Crippen LogP contribution in [0.4, 0.5) is 18.9 Å². The van der Waals surface area contributed by atoms with Crippen molar-refractivity contribution >= 4 is 49.3 Å². The number of fused-ring (bicyclic) bond motifs is 6. The summed E-state index contributed by atoms with van der Waals surface area (Å²) in [7, 11) is 0. The van der Waals surface area contributed by atoms with Crippen LogP contribution in [0.15, 0.2) is 298 Å². The Balaban J connectivity index is 1.02. The molecule has 10 aromatic carbocycles. The minimum atomic E-state index is -4.89. The number of hydrogen-bond acceptors (Lipinski definition) is 5. The van der Waals surface area contributed by atoms with E-state index in [1.807, 2.05) is 179 Å². The third kappa shape index (κ3) is 10.1. The van der Waals surface area contributed by atoms with Gasteiger partial charge in [-0.2, -0.15) is 18.4 Å². The minimum Gasteiger partial charge on any atom is -0.308 e. The van der Waals surface area contributed by atoms with E-state index in [0.717, 1.165) is 117 Å². The second-order valence-corrected chi connectivity index (χ2v) is 23.1. The summed E-state index contributed by atoms with van der Waals surface area (Å²) < 4.78 is 51.9. The zero-order chi connectivity index (χ0) is 63.4. The molecule has 0 radical (unpaired) electrons. The number of nitriles is 1. The van der Waals surface area contributed by atoms with Crippen LogP contribution in [-0.2, 0) is 6.18 Å². The maximum Gasteiger partial charge on any atom is 0.415 e. The first-order valence-corrected chi connectivity index (χ1v) is 30.5. The highest BCUT2D eigenvalue weighted by Gasteiger charge is 2.36. The molecule has 0 N–H and O–H groups in total. The summed E-state index contributed by atoms with van der Waals surface area (Å²) in [6.07, 6.45) is 2.25. The Morgan fingerprint density at radius 3 is 0.926 bits per heavy atom. The second-order valence-electron chi connectivity index (χ2n) is 23.1. The van der Waals surface area contributed by atoms with Crippen molar-refractivity contribution in [3.8, 4) is 118 Å². The Morgan fingerprint density at radius 1 is 0.330 bits per heavy atom. The van der Waals surface area contributed by atoms with Gasteiger partial charge in [0.05, 0.1) is 68.4 Å². The van der Waals surface area contributed by atoms with Gasteiger partial charge in [-0.15, -0.1) is 0 Å². The van der Waals surface area contributed by atoms with Gasteiger partial charge in [-0.1, -0.05) is 188 Å². The summed E-state index contributed by atoms with van der Waals surface area (Å²) in [5, 5.41) is 15.7. The van der Waals surface area contributed by atoms with Gasteiger partial charge >= 0.3 is 6.18 Å². The van der Waals surface area contributed by atoms with Crippen LogP contribution < -0.4 is 0 Å². The standard InChI is InChI=1S/C83H49F3N8/c1-88-71-24-14-23-70(83(84,85)86)82(71)64-49-80(93-76-45-56(60-33-37-89-72(41-60)52-15-6-2-7-16-52)25-29-65(76)66-30-26-57(46-77(66)93)61-34-38-90-73(42-61)53-17-8-3-9-18-53)69(51-87)81(50-64)94-78-47-58(62-35-39-91-74(43-62)54-19-10-4-11-20-54)27-31-67(78)68-32-28-59(48-79(68)94)63-36-40-92-75(44-63)55-21-12-5-13-22-55/h2-50H. The van der Waals surface area contributed by atoms with Gasteiger partial charge in [0, 0.05) is 68.6 Å². The summed E-state index contributed by atoms with van der Waals surface area (Å²) in [5.41, 5.74) is 15.8. The van der Waals surface area contributed by atoms with Gasteiger partial charge in [0.25, 0.3) is 0 Å². The summed E-state index contributed by atoms with van der Waals surface area (Å²) >= 11 is 0. The molecule has 0 bridgehead atoms. The van der Waals surface area contributed by atoms with Crippen molar-refractivity contribution in [2.45, 2.75) is 6.18 Å². The van der Waals surface area contributed by atoms with E-state index in [-0.39, 0.29) is 22.4 Å². The van der Waals surface area contributed by atoms with E-state index in [1.54, 1.807) is 36.9 Å². The van der Waals surface area contributed by atoms with Crippen LogP contribution >= 0.6 is 0 Å². The number of nitrogens with zero attached hydrogens (tertiary/aromatic N) is 8. The molecule has 0 atom stereocenters. The molecule has 6 heterocycles. The van der Waals surface area contributed by atoms with E-state index in [0.29, 0.717) is 33.4 Å². The third-order valence-corrected chi connectivity index (χ3v) is 17.6. The van der Waals surface area contributed by atoms with Crippen LogP contribution in [0.2, 0.25) is 0 Å². The van der Waals surface area contributed by atoms with Gasteiger partial charge in [-0.3, -0.25) is 19.9 Å². The van der Waals surface area contributed by atoms with Gasteiger partial charge in [0.1, 0.15) is 11.6 Å². The van der Waals surface area contributed by atoms with Gasteiger partial charge in [-0.05, 0) is 141 Å².